The maximum absolute atomic E-state index is 14.6. The highest BCUT2D eigenvalue weighted by Crippen LogP contribution is 2.71. The SMILES string of the molecule is COc1cccc(NCc2ccccc2)c1C(=O)O[C@H]1C(C)=C[C@]23C(=O)C(C=C(CO)[C@@H](O)[C@]12O)[C@H]1[C@@H](C[C@H]3C)C1(C)C. The van der Waals surface area contributed by atoms with Crippen LogP contribution in [0.3, 0.4) is 0 Å². The lowest BCUT2D eigenvalue weighted by Gasteiger charge is -2.48. The van der Waals surface area contributed by atoms with Gasteiger partial charge in [0.05, 0.1) is 24.8 Å². The molecule has 0 saturated heterocycles. The van der Waals surface area contributed by atoms with Gasteiger partial charge in [0.25, 0.3) is 0 Å². The van der Waals surface area contributed by atoms with Gasteiger partial charge in [-0.2, -0.15) is 0 Å². The zero-order valence-corrected chi connectivity index (χ0v) is 25.3. The minimum atomic E-state index is -2.22. The Labute approximate surface area is 252 Å². The number of hydrogen-bond donors (Lipinski definition) is 4. The Kier molecular flexibility index (Phi) is 7.11. The number of esters is 1. The quantitative estimate of drug-likeness (QED) is 0.279. The van der Waals surface area contributed by atoms with Gasteiger partial charge < -0.3 is 30.1 Å². The molecule has 6 rings (SSSR count). The highest BCUT2D eigenvalue weighted by atomic mass is 16.6. The van der Waals surface area contributed by atoms with E-state index in [9.17, 15) is 24.9 Å². The van der Waals surface area contributed by atoms with Crippen LogP contribution in [0, 0.1) is 34.5 Å². The molecular weight excluding hydrogens is 546 g/mol. The van der Waals surface area contributed by atoms with Crippen LogP contribution >= 0.6 is 0 Å². The first kappa shape index (κ1) is 29.6. The molecule has 0 amide bonds. The molecule has 0 aromatic heterocycles. The largest absolute Gasteiger partial charge is 0.496 e. The number of anilines is 1. The van der Waals surface area contributed by atoms with E-state index in [1.54, 1.807) is 37.3 Å². The van der Waals surface area contributed by atoms with E-state index in [0.29, 0.717) is 24.2 Å². The van der Waals surface area contributed by atoms with Crippen molar-refractivity contribution in [2.45, 2.75) is 58.5 Å². The smallest absolute Gasteiger partial charge is 0.344 e. The molecule has 2 bridgehead atoms. The highest BCUT2D eigenvalue weighted by Gasteiger charge is 2.76. The molecule has 0 heterocycles. The van der Waals surface area contributed by atoms with Crippen molar-refractivity contribution in [3.05, 3.63) is 83.0 Å². The van der Waals surface area contributed by atoms with Crippen molar-refractivity contribution in [2.24, 2.45) is 34.5 Å². The molecule has 0 aliphatic heterocycles. The number of methoxy groups -OCH3 is 1. The van der Waals surface area contributed by atoms with E-state index in [1.807, 2.05) is 37.3 Å². The Morgan fingerprint density at radius 1 is 1.12 bits per heavy atom. The van der Waals surface area contributed by atoms with E-state index in [0.717, 1.165) is 5.56 Å². The Balaban J connectivity index is 1.40. The van der Waals surface area contributed by atoms with Gasteiger partial charge >= 0.3 is 5.97 Å². The first-order valence-corrected chi connectivity index (χ1v) is 15.0. The van der Waals surface area contributed by atoms with Gasteiger partial charge in [0.15, 0.2) is 17.5 Å². The topological polar surface area (TPSA) is 125 Å². The molecule has 0 radical (unpaired) electrons. The minimum absolute atomic E-state index is 0.0417. The summed E-state index contributed by atoms with van der Waals surface area (Å²) in [5, 5.41) is 38.2. The molecule has 228 valence electrons. The summed E-state index contributed by atoms with van der Waals surface area (Å²) in [6.45, 7) is 7.87. The normalized spacial score (nSPS) is 35.4. The van der Waals surface area contributed by atoms with Crippen molar-refractivity contribution >= 4 is 17.4 Å². The van der Waals surface area contributed by atoms with Crippen LogP contribution in [0.4, 0.5) is 5.69 Å². The van der Waals surface area contributed by atoms with Crippen LogP contribution < -0.4 is 10.1 Å². The summed E-state index contributed by atoms with van der Waals surface area (Å²) in [6.07, 6.45) is 1.11. The minimum Gasteiger partial charge on any atom is -0.496 e. The summed E-state index contributed by atoms with van der Waals surface area (Å²) in [5.74, 6) is -1.30. The lowest BCUT2D eigenvalue weighted by Crippen LogP contribution is -2.65. The van der Waals surface area contributed by atoms with E-state index >= 15 is 0 Å². The lowest BCUT2D eigenvalue weighted by atomic mass is 9.59. The van der Waals surface area contributed by atoms with E-state index < -0.39 is 41.7 Å². The summed E-state index contributed by atoms with van der Waals surface area (Å²) in [7, 11) is 1.46. The fourth-order valence-corrected chi connectivity index (χ4v) is 8.61. The van der Waals surface area contributed by atoms with Gasteiger partial charge in [-0.1, -0.05) is 69.3 Å². The third-order valence-corrected chi connectivity index (χ3v) is 10.9. The van der Waals surface area contributed by atoms with Crippen LogP contribution in [0.2, 0.25) is 0 Å². The first-order chi connectivity index (χ1) is 20.4. The number of aliphatic hydroxyl groups excluding tert-OH is 2. The number of hydrogen-bond acceptors (Lipinski definition) is 8. The summed E-state index contributed by atoms with van der Waals surface area (Å²) in [4.78, 5) is 28.7. The van der Waals surface area contributed by atoms with Crippen molar-refractivity contribution in [1.29, 1.82) is 0 Å². The second-order valence-corrected chi connectivity index (χ2v) is 13.4. The fourth-order valence-electron chi connectivity index (χ4n) is 8.61. The second kappa shape index (κ2) is 10.3. The molecule has 8 atom stereocenters. The second-order valence-electron chi connectivity index (χ2n) is 13.4. The summed E-state index contributed by atoms with van der Waals surface area (Å²) in [6, 6.07) is 14.9. The molecule has 1 spiro atoms. The molecule has 4 N–H and O–H groups in total. The van der Waals surface area contributed by atoms with Gasteiger partial charge in [-0.25, -0.2) is 4.79 Å². The van der Waals surface area contributed by atoms with Gasteiger partial charge in [0.2, 0.25) is 0 Å². The van der Waals surface area contributed by atoms with Crippen molar-refractivity contribution < 1.29 is 34.4 Å². The van der Waals surface area contributed by atoms with Crippen molar-refractivity contribution in [3.8, 4) is 5.75 Å². The van der Waals surface area contributed by atoms with Crippen molar-refractivity contribution in [1.82, 2.24) is 0 Å². The van der Waals surface area contributed by atoms with Crippen molar-refractivity contribution in [3.63, 3.8) is 0 Å². The van der Waals surface area contributed by atoms with E-state index in [1.165, 1.54) is 7.11 Å². The maximum atomic E-state index is 14.6. The number of carbonyl (C=O) groups excluding carboxylic acids is 2. The van der Waals surface area contributed by atoms with Crippen LogP contribution in [0.15, 0.2) is 71.8 Å². The van der Waals surface area contributed by atoms with Gasteiger partial charge in [-0.3, -0.25) is 4.79 Å². The zero-order valence-electron chi connectivity index (χ0n) is 25.3. The number of aliphatic hydroxyl groups is 3. The Hall–Kier alpha value is -3.46. The molecule has 2 aromatic rings. The molecule has 4 aliphatic rings. The number of ether oxygens (including phenoxy) is 2. The summed E-state index contributed by atoms with van der Waals surface area (Å²) < 4.78 is 11.7. The fraction of sp³-hybridized carbons (Fsp3) is 0.486. The molecule has 4 aliphatic carbocycles. The molecular formula is C35H41NO7. The number of benzene rings is 2. The van der Waals surface area contributed by atoms with Crippen LogP contribution in [0.1, 0.15) is 50.0 Å². The highest BCUT2D eigenvalue weighted by molar-refractivity contribution is 6.00. The first-order valence-electron chi connectivity index (χ1n) is 15.0. The van der Waals surface area contributed by atoms with Gasteiger partial charge in [-0.05, 0) is 65.4 Å². The number of nitrogens with one attached hydrogen (secondary N) is 1. The van der Waals surface area contributed by atoms with Crippen LogP contribution in [-0.4, -0.2) is 58.6 Å². The zero-order chi connectivity index (χ0) is 30.9. The molecule has 2 aromatic carbocycles. The Morgan fingerprint density at radius 2 is 1.84 bits per heavy atom. The van der Waals surface area contributed by atoms with E-state index in [2.05, 4.69) is 19.2 Å². The van der Waals surface area contributed by atoms with Crippen LogP contribution in [-0.2, 0) is 16.1 Å². The third-order valence-electron chi connectivity index (χ3n) is 10.9. The molecule has 8 nitrogen and oxygen atoms in total. The average molecular weight is 588 g/mol. The predicted molar refractivity (Wildman–Crippen MR) is 161 cm³/mol. The molecule has 8 heteroatoms. The monoisotopic (exact) mass is 587 g/mol. The van der Waals surface area contributed by atoms with Crippen LogP contribution in [0.5, 0.6) is 5.75 Å². The Bertz CT molecular complexity index is 1510. The predicted octanol–water partition coefficient (Wildman–Crippen LogP) is 4.30. The molecule has 2 fully saturated rings. The van der Waals surface area contributed by atoms with Gasteiger partial charge in [0.1, 0.15) is 17.4 Å². The number of Topliss-reactive ketones (excluding diaryl/α,β-unsaturated/α-hetero) is 1. The number of carbonyl (C=O) groups is 2. The number of ketones is 1. The number of rotatable bonds is 7. The van der Waals surface area contributed by atoms with E-state index in [4.69, 9.17) is 9.47 Å². The Morgan fingerprint density at radius 3 is 2.51 bits per heavy atom. The number of fused-ring (bicyclic) bond motifs is 3. The van der Waals surface area contributed by atoms with Gasteiger partial charge in [-0.15, -0.1) is 0 Å². The molecule has 2 saturated carbocycles. The standard InChI is InChI=1S/C35H41NO7/c1-19-16-34-20(2)14-24-28(33(24,3)4)23(30(34)39)15-22(18-37)29(38)35(34,41)31(19)43-32(40)27-25(12-9-13-26(27)42-5)36-17-21-10-7-6-8-11-21/h6-13,15-16,20,23-24,28-29,31,36-38,41H,14,17-18H2,1-5H3/t20-,23?,24-,28+,29-,31+,34+,35+/m1/s1. The number of allylic oxidation sites excluding steroid dienone is 1. The van der Waals surface area contributed by atoms with E-state index in [-0.39, 0.29) is 45.8 Å². The average Bonchev–Trinajstić information content (AvgIpc) is 3.49. The lowest BCUT2D eigenvalue weighted by molar-refractivity contribution is -0.190. The summed E-state index contributed by atoms with van der Waals surface area (Å²) >= 11 is 0. The molecule has 1 unspecified atom stereocenters. The molecule has 43 heavy (non-hydrogen) atoms. The summed E-state index contributed by atoms with van der Waals surface area (Å²) in [5.41, 5.74) is -1.51. The third kappa shape index (κ3) is 4.14. The maximum Gasteiger partial charge on any atom is 0.344 e. The van der Waals surface area contributed by atoms with Gasteiger partial charge in [0, 0.05) is 12.5 Å². The van der Waals surface area contributed by atoms with Crippen molar-refractivity contribution in [2.75, 3.05) is 19.0 Å². The van der Waals surface area contributed by atoms with Crippen LogP contribution in [0.25, 0.3) is 0 Å².